The van der Waals surface area contributed by atoms with Crippen molar-refractivity contribution >= 4 is 5.97 Å². The highest BCUT2D eigenvalue weighted by Gasteiger charge is 2.58. The van der Waals surface area contributed by atoms with Crippen molar-refractivity contribution < 1.29 is 9.53 Å². The Morgan fingerprint density at radius 1 is 1.28 bits per heavy atom. The molecule has 0 spiro atoms. The van der Waals surface area contributed by atoms with Crippen molar-refractivity contribution in [3.8, 4) is 0 Å². The van der Waals surface area contributed by atoms with Crippen LogP contribution in [0.2, 0.25) is 0 Å². The van der Waals surface area contributed by atoms with Crippen LogP contribution in [0.4, 0.5) is 0 Å². The van der Waals surface area contributed by atoms with E-state index < -0.39 is 0 Å². The number of rotatable bonds is 3. The van der Waals surface area contributed by atoms with Crippen molar-refractivity contribution in [3.05, 3.63) is 12.2 Å². The summed E-state index contributed by atoms with van der Waals surface area (Å²) in [6.07, 6.45) is 7.73. The van der Waals surface area contributed by atoms with Gasteiger partial charge >= 0.3 is 5.97 Å². The van der Waals surface area contributed by atoms with Gasteiger partial charge in [-0.15, -0.1) is 0 Å². The largest absolute Gasteiger partial charge is 0.466 e. The van der Waals surface area contributed by atoms with Crippen molar-refractivity contribution in [2.75, 3.05) is 7.11 Å². The van der Waals surface area contributed by atoms with Gasteiger partial charge in [0.05, 0.1) is 7.11 Å². The van der Waals surface area contributed by atoms with Crippen LogP contribution in [0, 0.1) is 29.1 Å². The molecule has 100 valence electrons. The summed E-state index contributed by atoms with van der Waals surface area (Å²) in [6, 6.07) is 0. The molecule has 3 unspecified atom stereocenters. The topological polar surface area (TPSA) is 26.3 Å². The molecule has 2 nitrogen and oxygen atoms in total. The predicted molar refractivity (Wildman–Crippen MR) is 70.9 cm³/mol. The molecule has 4 fully saturated rings. The van der Waals surface area contributed by atoms with Gasteiger partial charge in [0.25, 0.3) is 0 Å². The van der Waals surface area contributed by atoms with Crippen LogP contribution in [-0.4, -0.2) is 13.1 Å². The van der Waals surface area contributed by atoms with Gasteiger partial charge in [-0.05, 0) is 55.8 Å². The highest BCUT2D eigenvalue weighted by atomic mass is 16.5. The molecule has 4 bridgehead atoms. The van der Waals surface area contributed by atoms with Crippen LogP contribution < -0.4 is 0 Å². The Balaban J connectivity index is 1.97. The van der Waals surface area contributed by atoms with E-state index >= 15 is 0 Å². The third-order valence-corrected chi connectivity index (χ3v) is 6.00. The zero-order valence-corrected chi connectivity index (χ0v) is 11.6. The monoisotopic (exact) mass is 248 g/mol. The second kappa shape index (κ2) is 4.11. The molecule has 0 amide bonds. The molecule has 0 aromatic carbocycles. The fourth-order valence-electron chi connectivity index (χ4n) is 5.67. The minimum absolute atomic E-state index is 0.0800. The van der Waals surface area contributed by atoms with Crippen LogP contribution in [0.3, 0.4) is 0 Å². The molecule has 0 aromatic heterocycles. The lowest BCUT2D eigenvalue weighted by molar-refractivity contribution is -0.143. The maximum absolute atomic E-state index is 12.0. The molecule has 0 aromatic rings. The average Bonchev–Trinajstić information content (AvgIpc) is 2.36. The smallest absolute Gasteiger partial charge is 0.333 e. The van der Waals surface area contributed by atoms with Crippen molar-refractivity contribution in [3.63, 3.8) is 0 Å². The van der Waals surface area contributed by atoms with E-state index in [0.29, 0.717) is 5.92 Å². The lowest BCUT2D eigenvalue weighted by Gasteiger charge is -2.61. The maximum atomic E-state index is 12.0. The first-order chi connectivity index (χ1) is 8.60. The van der Waals surface area contributed by atoms with E-state index in [0.717, 1.165) is 23.3 Å². The molecule has 0 heterocycles. The van der Waals surface area contributed by atoms with Gasteiger partial charge in [-0.1, -0.05) is 19.9 Å². The molecular formula is C16H24O2. The highest BCUT2D eigenvalue weighted by molar-refractivity contribution is 5.89. The molecule has 0 radical (unpaired) electrons. The fraction of sp³-hybridized carbons (Fsp3) is 0.812. The van der Waals surface area contributed by atoms with Crippen LogP contribution in [0.5, 0.6) is 0 Å². The zero-order valence-electron chi connectivity index (χ0n) is 11.6. The number of ether oxygens (including phenoxy) is 1. The Morgan fingerprint density at radius 3 is 2.39 bits per heavy atom. The molecule has 4 aliphatic rings. The number of carbonyl (C=O) groups is 1. The summed E-state index contributed by atoms with van der Waals surface area (Å²) in [5, 5.41) is 0. The van der Waals surface area contributed by atoms with E-state index in [-0.39, 0.29) is 11.4 Å². The third-order valence-electron chi connectivity index (χ3n) is 6.00. The Bertz CT molecular complexity index is 371. The van der Waals surface area contributed by atoms with E-state index in [2.05, 4.69) is 13.5 Å². The second-order valence-electron chi connectivity index (χ2n) is 6.75. The zero-order chi connectivity index (χ0) is 12.9. The van der Waals surface area contributed by atoms with Crippen LogP contribution >= 0.6 is 0 Å². The third kappa shape index (κ3) is 1.50. The lowest BCUT2D eigenvalue weighted by Crippen LogP contribution is -2.54. The molecule has 2 heteroatoms. The maximum Gasteiger partial charge on any atom is 0.333 e. The summed E-state index contributed by atoms with van der Waals surface area (Å²) in [4.78, 5) is 12.0. The van der Waals surface area contributed by atoms with Crippen molar-refractivity contribution in [1.82, 2.24) is 0 Å². The van der Waals surface area contributed by atoms with Gasteiger partial charge in [0.15, 0.2) is 0 Å². The summed E-state index contributed by atoms with van der Waals surface area (Å²) in [5.74, 6) is 3.01. The van der Waals surface area contributed by atoms with E-state index in [1.807, 2.05) is 0 Å². The number of esters is 1. The molecule has 0 saturated heterocycles. The first-order valence-electron chi connectivity index (χ1n) is 7.38. The van der Waals surface area contributed by atoms with Crippen molar-refractivity contribution in [2.45, 2.75) is 45.4 Å². The number of hydrogen-bond acceptors (Lipinski definition) is 2. The predicted octanol–water partition coefficient (Wildman–Crippen LogP) is 3.57. The van der Waals surface area contributed by atoms with Crippen LogP contribution in [-0.2, 0) is 9.53 Å². The summed E-state index contributed by atoms with van der Waals surface area (Å²) in [6.45, 7) is 6.42. The molecule has 4 rings (SSSR count). The van der Waals surface area contributed by atoms with E-state index in [1.54, 1.807) is 0 Å². The minimum Gasteiger partial charge on any atom is -0.466 e. The summed E-state index contributed by atoms with van der Waals surface area (Å²) < 4.78 is 4.96. The fourth-order valence-corrected chi connectivity index (χ4v) is 5.67. The summed E-state index contributed by atoms with van der Waals surface area (Å²) in [7, 11) is 1.48. The Morgan fingerprint density at radius 2 is 1.89 bits per heavy atom. The first-order valence-corrected chi connectivity index (χ1v) is 7.38. The van der Waals surface area contributed by atoms with Crippen molar-refractivity contribution in [2.24, 2.45) is 29.1 Å². The summed E-state index contributed by atoms with van der Waals surface area (Å²) in [5.41, 5.74) is 0.854. The summed E-state index contributed by atoms with van der Waals surface area (Å²) >= 11 is 0. The number of methoxy groups -OCH3 is 1. The highest BCUT2D eigenvalue weighted by Crippen LogP contribution is 2.66. The lowest BCUT2D eigenvalue weighted by atomic mass is 9.43. The molecular weight excluding hydrogens is 224 g/mol. The average molecular weight is 248 g/mol. The van der Waals surface area contributed by atoms with Crippen LogP contribution in [0.1, 0.15) is 45.4 Å². The molecule has 4 saturated carbocycles. The minimum atomic E-state index is -0.171. The van der Waals surface area contributed by atoms with Gasteiger partial charge in [-0.2, -0.15) is 0 Å². The van der Waals surface area contributed by atoms with Gasteiger partial charge in [0, 0.05) is 11.0 Å². The molecule has 18 heavy (non-hydrogen) atoms. The van der Waals surface area contributed by atoms with Gasteiger partial charge in [-0.25, -0.2) is 4.79 Å². The van der Waals surface area contributed by atoms with Gasteiger partial charge in [-0.3, -0.25) is 0 Å². The number of hydrogen-bond donors (Lipinski definition) is 0. The standard InChI is InChI=1S/C16H24O2/c1-4-14-13-6-11-5-12(7-13)9-16(14,8-11)10(2)15(17)18-3/h11-14H,2,4-9H2,1,3H3. The second-order valence-corrected chi connectivity index (χ2v) is 6.75. The molecule has 0 aliphatic heterocycles. The van der Waals surface area contributed by atoms with Crippen LogP contribution in [0.15, 0.2) is 12.2 Å². The SMILES string of the molecule is C=C(C(=O)OC)C12CC3CC(CC(C3)C1CC)C2. The van der Waals surface area contributed by atoms with Gasteiger partial charge < -0.3 is 4.74 Å². The van der Waals surface area contributed by atoms with Crippen molar-refractivity contribution in [1.29, 1.82) is 0 Å². The quantitative estimate of drug-likeness (QED) is 0.564. The van der Waals surface area contributed by atoms with E-state index in [1.165, 1.54) is 45.6 Å². The molecule has 3 atom stereocenters. The Hall–Kier alpha value is -0.790. The first kappa shape index (κ1) is 12.3. The Labute approximate surface area is 110 Å². The molecule has 0 N–H and O–H groups in total. The normalized spacial score (nSPS) is 45.0. The van der Waals surface area contributed by atoms with Crippen LogP contribution in [0.25, 0.3) is 0 Å². The molecule has 4 aliphatic carbocycles. The van der Waals surface area contributed by atoms with Gasteiger partial charge in [0.2, 0.25) is 0 Å². The van der Waals surface area contributed by atoms with Gasteiger partial charge in [0.1, 0.15) is 0 Å². The van der Waals surface area contributed by atoms with E-state index in [9.17, 15) is 4.79 Å². The number of carbonyl (C=O) groups excluding carboxylic acids is 1. The van der Waals surface area contributed by atoms with E-state index in [4.69, 9.17) is 4.74 Å². The Kier molecular flexibility index (Phi) is 2.80.